The average Bonchev–Trinajstić information content (AvgIpc) is 3.67. The molecule has 2 aromatic carbocycles. The summed E-state index contributed by atoms with van der Waals surface area (Å²) in [4.78, 5) is 2.32. The second kappa shape index (κ2) is 10.5. The van der Waals surface area contributed by atoms with Crippen LogP contribution in [0.15, 0.2) is 52.1 Å². The Labute approximate surface area is 214 Å². The third kappa shape index (κ3) is 5.27. The number of aromatic nitrogens is 1. The molecule has 7 nitrogen and oxygen atoms in total. The zero-order chi connectivity index (χ0) is 24.4. The number of hydrogen-bond acceptors (Lipinski definition) is 6. The molecule has 1 saturated carbocycles. The van der Waals surface area contributed by atoms with Crippen molar-refractivity contribution in [2.75, 3.05) is 18.0 Å². The molecule has 2 heterocycles. The Bertz CT molecular complexity index is 1200. The molecule has 1 atom stereocenters. The van der Waals surface area contributed by atoms with Crippen molar-refractivity contribution in [1.82, 2.24) is 5.16 Å². The number of hydrogen-bond donors (Lipinski definition) is 2. The number of benzene rings is 2. The van der Waals surface area contributed by atoms with Gasteiger partial charge in [-0.25, -0.2) is 0 Å². The Morgan fingerprint density at radius 1 is 1.11 bits per heavy atom. The van der Waals surface area contributed by atoms with E-state index in [1.165, 1.54) is 0 Å². The maximum atomic E-state index is 8.99. The van der Waals surface area contributed by atoms with Crippen molar-refractivity contribution < 1.29 is 14.5 Å². The molecule has 1 unspecified atom stereocenters. The average molecular weight is 515 g/mol. The fraction of sp³-hybridized carbons (Fsp3) is 0.385. The summed E-state index contributed by atoms with van der Waals surface area (Å²) in [6.07, 6.45) is 5.16. The van der Waals surface area contributed by atoms with Crippen LogP contribution < -0.4 is 10.6 Å². The lowest BCUT2D eigenvalue weighted by molar-refractivity contribution is 0.0328. The highest BCUT2D eigenvalue weighted by Crippen LogP contribution is 2.46. The van der Waals surface area contributed by atoms with Gasteiger partial charge in [-0.15, -0.1) is 0 Å². The minimum absolute atomic E-state index is 0.109. The first-order valence-corrected chi connectivity index (χ1v) is 12.7. The van der Waals surface area contributed by atoms with Gasteiger partial charge in [0.15, 0.2) is 5.84 Å². The van der Waals surface area contributed by atoms with E-state index < -0.39 is 0 Å². The fourth-order valence-electron chi connectivity index (χ4n) is 4.66. The molecule has 2 aliphatic rings. The molecule has 1 aliphatic heterocycles. The molecule has 3 N–H and O–H groups in total. The van der Waals surface area contributed by atoms with E-state index in [0.717, 1.165) is 62.2 Å². The van der Waals surface area contributed by atoms with E-state index in [9.17, 15) is 0 Å². The Hall–Kier alpha value is -2.74. The second-order valence-electron chi connectivity index (χ2n) is 9.13. The van der Waals surface area contributed by atoms with E-state index >= 15 is 0 Å². The van der Waals surface area contributed by atoms with Crippen molar-refractivity contribution >= 4 is 34.7 Å². The van der Waals surface area contributed by atoms with Crippen LogP contribution >= 0.6 is 23.2 Å². The van der Waals surface area contributed by atoms with Crippen molar-refractivity contribution in [2.45, 2.75) is 50.7 Å². The van der Waals surface area contributed by atoms with Crippen molar-refractivity contribution in [3.8, 4) is 11.3 Å². The quantitative estimate of drug-likeness (QED) is 0.168. The molecule has 5 rings (SSSR count). The number of halogens is 2. The van der Waals surface area contributed by atoms with Gasteiger partial charge >= 0.3 is 0 Å². The minimum Gasteiger partial charge on any atom is -0.409 e. The zero-order valence-corrected chi connectivity index (χ0v) is 20.8. The first-order chi connectivity index (χ1) is 17.0. The topological polar surface area (TPSA) is 97.1 Å². The number of anilines is 1. The van der Waals surface area contributed by atoms with E-state index in [0.29, 0.717) is 39.4 Å². The first kappa shape index (κ1) is 24.0. The number of amidine groups is 1. The molecule has 2 fully saturated rings. The van der Waals surface area contributed by atoms with Crippen LogP contribution in [0, 0.1) is 0 Å². The van der Waals surface area contributed by atoms with Gasteiger partial charge in [0.05, 0.1) is 22.8 Å². The number of nitrogens with two attached hydrogens (primary N) is 1. The Balaban J connectivity index is 1.29. The molecule has 0 amide bonds. The molecular weight excluding hydrogens is 487 g/mol. The lowest BCUT2D eigenvalue weighted by Gasteiger charge is -2.23. The molecule has 0 radical (unpaired) electrons. The van der Waals surface area contributed by atoms with Gasteiger partial charge in [-0.2, -0.15) is 0 Å². The van der Waals surface area contributed by atoms with Crippen LogP contribution in [0.4, 0.5) is 5.69 Å². The maximum Gasteiger partial charge on any atom is 0.170 e. The van der Waals surface area contributed by atoms with Crippen LogP contribution in [-0.4, -0.2) is 35.4 Å². The summed E-state index contributed by atoms with van der Waals surface area (Å²) >= 11 is 13.0. The summed E-state index contributed by atoms with van der Waals surface area (Å²) in [6, 6.07) is 13.2. The standard InChI is InChI=1S/C26H28Cl2N4O3/c27-21-7-2-8-22(28)23(21)24-20(25(35-31-24)16-9-10-16)15-34-19-6-3-12-32(13-11-19)18-5-1-4-17(14-18)26(29)30-33/h1-2,4-5,7-8,14,16,19,33H,3,6,9-13,15H2,(H2,29,30). The summed E-state index contributed by atoms with van der Waals surface area (Å²) in [5.74, 6) is 1.39. The highest BCUT2D eigenvalue weighted by atomic mass is 35.5. The molecule has 9 heteroatoms. The summed E-state index contributed by atoms with van der Waals surface area (Å²) in [6.45, 7) is 2.18. The molecule has 1 saturated heterocycles. The zero-order valence-electron chi connectivity index (χ0n) is 19.3. The van der Waals surface area contributed by atoms with E-state index in [4.69, 9.17) is 43.4 Å². The van der Waals surface area contributed by atoms with Crippen LogP contribution in [0.1, 0.15) is 54.9 Å². The molecule has 0 bridgehead atoms. The van der Waals surface area contributed by atoms with Gasteiger partial charge in [0, 0.05) is 41.4 Å². The van der Waals surface area contributed by atoms with E-state index in [2.05, 4.69) is 15.2 Å². The third-order valence-electron chi connectivity index (χ3n) is 6.72. The molecule has 3 aromatic rings. The van der Waals surface area contributed by atoms with Crippen molar-refractivity contribution in [3.05, 3.63) is 69.4 Å². The highest BCUT2D eigenvalue weighted by molar-refractivity contribution is 6.39. The Morgan fingerprint density at radius 3 is 2.63 bits per heavy atom. The van der Waals surface area contributed by atoms with Gasteiger partial charge in [-0.1, -0.05) is 51.7 Å². The normalized spacial score (nSPS) is 19.1. The lowest BCUT2D eigenvalue weighted by atomic mass is 10.0. The van der Waals surface area contributed by atoms with Gasteiger partial charge in [-0.05, 0) is 56.4 Å². The van der Waals surface area contributed by atoms with Gasteiger partial charge in [0.1, 0.15) is 11.5 Å². The molecule has 0 spiro atoms. The van der Waals surface area contributed by atoms with E-state index in [1.54, 1.807) is 0 Å². The van der Waals surface area contributed by atoms with E-state index in [-0.39, 0.29) is 11.9 Å². The molecule has 1 aliphatic carbocycles. The molecule has 184 valence electrons. The van der Waals surface area contributed by atoms with Crippen molar-refractivity contribution in [2.24, 2.45) is 10.9 Å². The molecule has 1 aromatic heterocycles. The largest absolute Gasteiger partial charge is 0.409 e. The first-order valence-electron chi connectivity index (χ1n) is 11.9. The van der Waals surface area contributed by atoms with Crippen molar-refractivity contribution in [1.29, 1.82) is 0 Å². The van der Waals surface area contributed by atoms with Crippen LogP contribution in [-0.2, 0) is 11.3 Å². The van der Waals surface area contributed by atoms with Crippen LogP contribution in [0.25, 0.3) is 11.3 Å². The van der Waals surface area contributed by atoms with E-state index in [1.807, 2.05) is 42.5 Å². The smallest absolute Gasteiger partial charge is 0.170 e. The third-order valence-corrected chi connectivity index (χ3v) is 7.35. The monoisotopic (exact) mass is 514 g/mol. The predicted molar refractivity (Wildman–Crippen MR) is 138 cm³/mol. The van der Waals surface area contributed by atoms with Crippen LogP contribution in [0.3, 0.4) is 0 Å². The highest BCUT2D eigenvalue weighted by Gasteiger charge is 2.34. The second-order valence-corrected chi connectivity index (χ2v) is 9.95. The number of ether oxygens (including phenoxy) is 1. The van der Waals surface area contributed by atoms with Crippen LogP contribution in [0.5, 0.6) is 0 Å². The van der Waals surface area contributed by atoms with Gasteiger partial charge < -0.3 is 25.1 Å². The van der Waals surface area contributed by atoms with Gasteiger partial charge in [0.2, 0.25) is 0 Å². The Morgan fingerprint density at radius 2 is 1.89 bits per heavy atom. The maximum absolute atomic E-state index is 8.99. The van der Waals surface area contributed by atoms with Crippen LogP contribution in [0.2, 0.25) is 10.0 Å². The number of nitrogens with zero attached hydrogens (tertiary/aromatic N) is 3. The van der Waals surface area contributed by atoms with Crippen molar-refractivity contribution in [3.63, 3.8) is 0 Å². The summed E-state index contributed by atoms with van der Waals surface area (Å²) in [7, 11) is 0. The predicted octanol–water partition coefficient (Wildman–Crippen LogP) is 6.20. The van der Waals surface area contributed by atoms with Gasteiger partial charge in [0.25, 0.3) is 0 Å². The SMILES string of the molecule is N/C(=N\O)c1cccc(N2CCCC(OCc3c(-c4c(Cl)cccc4Cl)noc3C3CC3)CC2)c1. The number of rotatable bonds is 7. The summed E-state index contributed by atoms with van der Waals surface area (Å²) < 4.78 is 12.2. The Kier molecular flexibility index (Phi) is 7.18. The molecular formula is C26H28Cl2N4O3. The number of oxime groups is 1. The summed E-state index contributed by atoms with van der Waals surface area (Å²) in [5, 5.41) is 17.6. The minimum atomic E-state index is 0.109. The fourth-order valence-corrected chi connectivity index (χ4v) is 5.24. The summed E-state index contributed by atoms with van der Waals surface area (Å²) in [5.41, 5.74) is 9.86. The van der Waals surface area contributed by atoms with Gasteiger partial charge in [-0.3, -0.25) is 0 Å². The molecule has 35 heavy (non-hydrogen) atoms. The lowest BCUT2D eigenvalue weighted by Crippen LogP contribution is -2.25.